The Morgan fingerprint density at radius 3 is 2.31 bits per heavy atom. The molecule has 0 bridgehead atoms. The zero-order valence-electron chi connectivity index (χ0n) is 15.2. The predicted octanol–water partition coefficient (Wildman–Crippen LogP) is 4.17. The molecule has 0 heterocycles. The van der Waals surface area contributed by atoms with Gasteiger partial charge in [0, 0.05) is 24.5 Å². The predicted molar refractivity (Wildman–Crippen MR) is 105 cm³/mol. The zero-order chi connectivity index (χ0) is 18.9. The lowest BCUT2D eigenvalue weighted by Gasteiger charge is -2.29. The number of hydrogen-bond acceptors (Lipinski definition) is 2. The lowest BCUT2D eigenvalue weighted by Crippen LogP contribution is -2.47. The maximum atomic E-state index is 12.6. The number of hydrogen-bond donors (Lipinski definition) is 1. The first kappa shape index (κ1) is 20.0. The van der Waals surface area contributed by atoms with E-state index in [0.29, 0.717) is 24.5 Å². The van der Waals surface area contributed by atoms with Gasteiger partial charge in [-0.15, -0.1) is 0 Å². The number of halogens is 1. The van der Waals surface area contributed by atoms with Crippen LogP contribution in [0.25, 0.3) is 0 Å². The molecule has 0 spiro atoms. The van der Waals surface area contributed by atoms with Crippen molar-refractivity contribution in [2.75, 3.05) is 0 Å². The van der Waals surface area contributed by atoms with Gasteiger partial charge in [-0.25, -0.2) is 0 Å². The van der Waals surface area contributed by atoms with Gasteiger partial charge in [-0.2, -0.15) is 0 Å². The summed E-state index contributed by atoms with van der Waals surface area (Å²) in [4.78, 5) is 26.8. The van der Waals surface area contributed by atoms with Crippen molar-refractivity contribution in [2.45, 2.75) is 45.8 Å². The van der Waals surface area contributed by atoms with E-state index in [1.54, 1.807) is 24.0 Å². The molecule has 0 saturated carbocycles. The van der Waals surface area contributed by atoms with Crippen LogP contribution in [0, 0.1) is 0 Å². The summed E-state index contributed by atoms with van der Waals surface area (Å²) in [7, 11) is 0. The molecule has 0 radical (unpaired) electrons. The Morgan fingerprint density at radius 2 is 1.69 bits per heavy atom. The number of benzene rings is 2. The van der Waals surface area contributed by atoms with Crippen LogP contribution in [0.2, 0.25) is 5.02 Å². The fourth-order valence-corrected chi connectivity index (χ4v) is 2.79. The Kier molecular flexibility index (Phi) is 7.67. The van der Waals surface area contributed by atoms with Crippen molar-refractivity contribution in [3.05, 3.63) is 70.7 Å². The second-order valence-electron chi connectivity index (χ2n) is 6.28. The van der Waals surface area contributed by atoms with Crippen molar-refractivity contribution in [3.63, 3.8) is 0 Å². The summed E-state index contributed by atoms with van der Waals surface area (Å²) in [5, 5.41) is 3.56. The van der Waals surface area contributed by atoms with Crippen molar-refractivity contribution >= 4 is 23.4 Å². The molecule has 0 aliphatic heterocycles. The highest BCUT2D eigenvalue weighted by Crippen LogP contribution is 2.15. The average molecular weight is 373 g/mol. The Balaban J connectivity index is 2.05. The van der Waals surface area contributed by atoms with Gasteiger partial charge in [0.15, 0.2) is 0 Å². The van der Waals surface area contributed by atoms with E-state index in [4.69, 9.17) is 11.6 Å². The molecule has 1 N–H and O–H groups in total. The van der Waals surface area contributed by atoms with Gasteiger partial charge in [0.2, 0.25) is 11.8 Å². The minimum Gasteiger partial charge on any atom is -0.350 e. The largest absolute Gasteiger partial charge is 0.350 e. The van der Waals surface area contributed by atoms with Crippen LogP contribution in [-0.2, 0) is 22.7 Å². The van der Waals surface area contributed by atoms with Gasteiger partial charge in [-0.05, 0) is 36.6 Å². The minimum absolute atomic E-state index is 0.0233. The SMILES string of the molecule is CCCC(=O)N(Cc1ccc(Cl)cc1)[C@@H](C)C(=O)NCc1ccccc1. The van der Waals surface area contributed by atoms with Gasteiger partial charge in [0.05, 0.1) is 0 Å². The molecule has 5 heteroatoms. The third kappa shape index (κ3) is 5.88. The number of carbonyl (C=O) groups excluding carboxylic acids is 2. The van der Waals surface area contributed by atoms with E-state index >= 15 is 0 Å². The highest BCUT2D eigenvalue weighted by atomic mass is 35.5. The second kappa shape index (κ2) is 9.97. The molecule has 2 aromatic rings. The molecule has 138 valence electrons. The third-order valence-electron chi connectivity index (χ3n) is 4.21. The topological polar surface area (TPSA) is 49.4 Å². The lowest BCUT2D eigenvalue weighted by atomic mass is 10.1. The van der Waals surface area contributed by atoms with Crippen molar-refractivity contribution in [3.8, 4) is 0 Å². The smallest absolute Gasteiger partial charge is 0.242 e. The normalized spacial score (nSPS) is 11.7. The Bertz CT molecular complexity index is 717. The maximum Gasteiger partial charge on any atom is 0.242 e. The first-order chi connectivity index (χ1) is 12.5. The molecule has 26 heavy (non-hydrogen) atoms. The van der Waals surface area contributed by atoms with Crippen LogP contribution in [0.1, 0.15) is 37.8 Å². The van der Waals surface area contributed by atoms with Gasteiger partial charge < -0.3 is 10.2 Å². The fraction of sp³-hybridized carbons (Fsp3) is 0.333. The fourth-order valence-electron chi connectivity index (χ4n) is 2.66. The highest BCUT2D eigenvalue weighted by Gasteiger charge is 2.25. The van der Waals surface area contributed by atoms with E-state index < -0.39 is 6.04 Å². The van der Waals surface area contributed by atoms with Crippen LogP contribution in [-0.4, -0.2) is 22.8 Å². The first-order valence-corrected chi connectivity index (χ1v) is 9.24. The van der Waals surface area contributed by atoms with E-state index in [2.05, 4.69) is 5.32 Å². The number of carbonyl (C=O) groups is 2. The van der Waals surface area contributed by atoms with Crippen LogP contribution < -0.4 is 5.32 Å². The second-order valence-corrected chi connectivity index (χ2v) is 6.71. The summed E-state index contributed by atoms with van der Waals surface area (Å²) >= 11 is 5.93. The monoisotopic (exact) mass is 372 g/mol. The van der Waals surface area contributed by atoms with Crippen LogP contribution in [0.15, 0.2) is 54.6 Å². The summed E-state index contributed by atoms with van der Waals surface area (Å²) in [6.07, 6.45) is 1.16. The maximum absolute atomic E-state index is 12.6. The van der Waals surface area contributed by atoms with Gasteiger partial charge in [0.1, 0.15) is 6.04 Å². The number of amides is 2. The van der Waals surface area contributed by atoms with E-state index in [1.807, 2.05) is 49.4 Å². The molecule has 0 saturated heterocycles. The van der Waals surface area contributed by atoms with Gasteiger partial charge in [-0.3, -0.25) is 9.59 Å². The highest BCUT2D eigenvalue weighted by molar-refractivity contribution is 6.30. The standard InChI is InChI=1S/C21H25ClN2O2/c1-3-7-20(25)24(15-18-10-12-19(22)13-11-18)16(2)21(26)23-14-17-8-5-4-6-9-17/h4-6,8-13,16H,3,7,14-15H2,1-2H3,(H,23,26)/t16-/m0/s1. The minimum atomic E-state index is -0.548. The summed E-state index contributed by atoms with van der Waals surface area (Å²) in [5.74, 6) is -0.183. The van der Waals surface area contributed by atoms with Crippen molar-refractivity contribution < 1.29 is 9.59 Å². The average Bonchev–Trinajstić information content (AvgIpc) is 2.66. The number of nitrogens with zero attached hydrogens (tertiary/aromatic N) is 1. The molecule has 0 aromatic heterocycles. The van der Waals surface area contributed by atoms with E-state index in [9.17, 15) is 9.59 Å². The molecule has 2 rings (SSSR count). The molecule has 1 atom stereocenters. The van der Waals surface area contributed by atoms with Gasteiger partial charge in [-0.1, -0.05) is 61.0 Å². The van der Waals surface area contributed by atoms with Crippen molar-refractivity contribution in [1.82, 2.24) is 10.2 Å². The van der Waals surface area contributed by atoms with Gasteiger partial charge in [0.25, 0.3) is 0 Å². The Hall–Kier alpha value is -2.33. The summed E-state index contributed by atoms with van der Waals surface area (Å²) in [5.41, 5.74) is 1.97. The molecular weight excluding hydrogens is 348 g/mol. The van der Waals surface area contributed by atoms with Crippen LogP contribution in [0.4, 0.5) is 0 Å². The van der Waals surface area contributed by atoms with Crippen LogP contribution >= 0.6 is 11.6 Å². The van der Waals surface area contributed by atoms with Crippen molar-refractivity contribution in [1.29, 1.82) is 0 Å². The molecule has 0 aliphatic rings. The summed E-state index contributed by atoms with van der Waals surface area (Å²) < 4.78 is 0. The Morgan fingerprint density at radius 1 is 1.04 bits per heavy atom. The quantitative estimate of drug-likeness (QED) is 0.755. The summed E-state index contributed by atoms with van der Waals surface area (Å²) in [6, 6.07) is 16.5. The number of nitrogens with one attached hydrogen (secondary N) is 1. The molecular formula is C21H25ClN2O2. The summed E-state index contributed by atoms with van der Waals surface area (Å²) in [6.45, 7) is 4.55. The molecule has 4 nitrogen and oxygen atoms in total. The third-order valence-corrected chi connectivity index (χ3v) is 4.46. The molecule has 2 aromatic carbocycles. The molecule has 0 aliphatic carbocycles. The van der Waals surface area contributed by atoms with Gasteiger partial charge >= 0.3 is 0 Å². The lowest BCUT2D eigenvalue weighted by molar-refractivity contribution is -0.140. The van der Waals surface area contributed by atoms with Crippen molar-refractivity contribution in [2.24, 2.45) is 0 Å². The Labute approximate surface area is 160 Å². The van der Waals surface area contributed by atoms with Crippen LogP contribution in [0.5, 0.6) is 0 Å². The number of rotatable bonds is 8. The van der Waals surface area contributed by atoms with Crippen LogP contribution in [0.3, 0.4) is 0 Å². The van der Waals surface area contributed by atoms with E-state index in [-0.39, 0.29) is 11.8 Å². The molecule has 0 unspecified atom stereocenters. The molecule has 0 fully saturated rings. The zero-order valence-corrected chi connectivity index (χ0v) is 16.0. The first-order valence-electron chi connectivity index (χ1n) is 8.86. The van der Waals surface area contributed by atoms with E-state index in [1.165, 1.54) is 0 Å². The van der Waals surface area contributed by atoms with E-state index in [0.717, 1.165) is 17.5 Å². The molecule has 2 amide bonds.